The second-order valence-electron chi connectivity index (χ2n) is 4.63. The first-order chi connectivity index (χ1) is 10.1. The van der Waals surface area contributed by atoms with E-state index >= 15 is 0 Å². The Morgan fingerprint density at radius 1 is 1.48 bits per heavy atom. The molecule has 1 aliphatic rings. The van der Waals surface area contributed by atoms with Crippen molar-refractivity contribution in [3.63, 3.8) is 0 Å². The topological polar surface area (TPSA) is 93.9 Å². The van der Waals surface area contributed by atoms with Gasteiger partial charge in [-0.3, -0.25) is 9.59 Å². The number of benzene rings is 1. The van der Waals surface area contributed by atoms with Gasteiger partial charge in [-0.25, -0.2) is 0 Å². The van der Waals surface area contributed by atoms with E-state index in [1.54, 1.807) is 18.2 Å². The number of carbonyl (C=O) groups excluding carboxylic acids is 2. The van der Waals surface area contributed by atoms with Gasteiger partial charge in [-0.05, 0) is 12.1 Å². The van der Waals surface area contributed by atoms with Crippen molar-refractivity contribution in [2.45, 2.75) is 6.04 Å². The van der Waals surface area contributed by atoms with Crippen LogP contribution in [-0.4, -0.2) is 56.7 Å². The molecule has 1 aromatic rings. The molecule has 1 saturated heterocycles. The second kappa shape index (κ2) is 6.45. The Bertz CT molecular complexity index is 547. The lowest BCUT2D eigenvalue weighted by Gasteiger charge is -2.34. The van der Waals surface area contributed by atoms with Crippen LogP contribution in [-0.2, 0) is 9.53 Å². The molecule has 1 atom stereocenters. The standard InChI is InChI=1S/C14H19N3O4/c1-16-13(18)10-8-21-7-6-17(10)14(19)9-4-3-5-11(20-2)12(9)15/h3-5,10H,6-8,15H2,1-2H3,(H,16,18). The average Bonchev–Trinajstić information content (AvgIpc) is 2.53. The molecule has 0 spiro atoms. The number of nitrogens with two attached hydrogens (primary N) is 1. The number of nitrogens with one attached hydrogen (secondary N) is 1. The maximum Gasteiger partial charge on any atom is 0.256 e. The normalized spacial score (nSPS) is 18.2. The van der Waals surface area contributed by atoms with E-state index < -0.39 is 6.04 Å². The van der Waals surface area contributed by atoms with Crippen molar-refractivity contribution in [2.24, 2.45) is 0 Å². The largest absolute Gasteiger partial charge is 0.495 e. The van der Waals surface area contributed by atoms with Gasteiger partial charge in [-0.2, -0.15) is 0 Å². The van der Waals surface area contributed by atoms with Crippen molar-refractivity contribution in [3.8, 4) is 5.75 Å². The highest BCUT2D eigenvalue weighted by atomic mass is 16.5. The third-order valence-electron chi connectivity index (χ3n) is 3.45. The molecule has 0 bridgehead atoms. The lowest BCUT2D eigenvalue weighted by molar-refractivity contribution is -0.130. The highest BCUT2D eigenvalue weighted by Crippen LogP contribution is 2.26. The van der Waals surface area contributed by atoms with Crippen molar-refractivity contribution in [3.05, 3.63) is 23.8 Å². The van der Waals surface area contributed by atoms with E-state index in [1.165, 1.54) is 19.1 Å². The number of hydrogen-bond donors (Lipinski definition) is 2. The fraction of sp³-hybridized carbons (Fsp3) is 0.429. The monoisotopic (exact) mass is 293 g/mol. The molecule has 114 valence electrons. The minimum absolute atomic E-state index is 0.176. The molecule has 21 heavy (non-hydrogen) atoms. The second-order valence-corrected chi connectivity index (χ2v) is 4.63. The van der Waals surface area contributed by atoms with E-state index in [0.29, 0.717) is 24.5 Å². The highest BCUT2D eigenvalue weighted by molar-refractivity contribution is 6.02. The lowest BCUT2D eigenvalue weighted by atomic mass is 10.1. The van der Waals surface area contributed by atoms with Crippen LogP contribution in [0.2, 0.25) is 0 Å². The third kappa shape index (κ3) is 2.92. The smallest absolute Gasteiger partial charge is 0.256 e. The summed E-state index contributed by atoms with van der Waals surface area (Å²) in [6.07, 6.45) is 0. The van der Waals surface area contributed by atoms with Crippen LogP contribution in [0.1, 0.15) is 10.4 Å². The number of likely N-dealkylation sites (N-methyl/N-ethyl adjacent to an activating group) is 1. The number of nitrogens with zero attached hydrogens (tertiary/aromatic N) is 1. The quantitative estimate of drug-likeness (QED) is 0.757. The molecule has 1 heterocycles. The number of hydrogen-bond acceptors (Lipinski definition) is 5. The van der Waals surface area contributed by atoms with E-state index in [9.17, 15) is 9.59 Å². The maximum absolute atomic E-state index is 12.7. The minimum Gasteiger partial charge on any atom is -0.495 e. The summed E-state index contributed by atoms with van der Waals surface area (Å²) < 4.78 is 10.4. The first-order valence-corrected chi connectivity index (χ1v) is 6.63. The number of carbonyl (C=O) groups is 2. The molecule has 3 N–H and O–H groups in total. The summed E-state index contributed by atoms with van der Waals surface area (Å²) in [4.78, 5) is 26.0. The number of nitrogen functional groups attached to an aromatic ring is 1. The number of morpholine rings is 1. The minimum atomic E-state index is -0.651. The summed E-state index contributed by atoms with van der Waals surface area (Å²) in [6.45, 7) is 0.909. The van der Waals surface area contributed by atoms with E-state index in [-0.39, 0.29) is 24.1 Å². The molecule has 7 nitrogen and oxygen atoms in total. The Balaban J connectivity index is 2.31. The van der Waals surface area contributed by atoms with Crippen molar-refractivity contribution in [1.29, 1.82) is 0 Å². The molecular formula is C14H19N3O4. The van der Waals surface area contributed by atoms with Crippen molar-refractivity contribution < 1.29 is 19.1 Å². The molecule has 0 saturated carbocycles. The van der Waals surface area contributed by atoms with Crippen molar-refractivity contribution in [1.82, 2.24) is 10.2 Å². The Morgan fingerprint density at radius 3 is 2.90 bits per heavy atom. The summed E-state index contributed by atoms with van der Waals surface area (Å²) in [5.41, 5.74) is 6.55. The molecule has 2 rings (SSSR count). The Labute approximate surface area is 123 Å². The van der Waals surface area contributed by atoms with Gasteiger partial charge in [0.1, 0.15) is 11.8 Å². The molecule has 1 fully saturated rings. The zero-order valence-electron chi connectivity index (χ0n) is 12.1. The zero-order chi connectivity index (χ0) is 15.4. The van der Waals surface area contributed by atoms with Crippen LogP contribution in [0, 0.1) is 0 Å². The SMILES string of the molecule is CNC(=O)C1COCCN1C(=O)c1cccc(OC)c1N. The predicted octanol–water partition coefficient (Wildman–Crippen LogP) is -0.136. The van der Waals surface area contributed by atoms with Crippen LogP contribution in [0.3, 0.4) is 0 Å². The third-order valence-corrected chi connectivity index (χ3v) is 3.45. The van der Waals surface area contributed by atoms with Gasteiger partial charge < -0.3 is 25.4 Å². The van der Waals surface area contributed by atoms with Gasteiger partial charge in [0.25, 0.3) is 5.91 Å². The van der Waals surface area contributed by atoms with Gasteiger partial charge in [-0.1, -0.05) is 6.07 Å². The van der Waals surface area contributed by atoms with Gasteiger partial charge >= 0.3 is 0 Å². The molecular weight excluding hydrogens is 274 g/mol. The highest BCUT2D eigenvalue weighted by Gasteiger charge is 2.33. The van der Waals surface area contributed by atoms with Gasteiger partial charge in [0, 0.05) is 13.6 Å². The van der Waals surface area contributed by atoms with Crippen LogP contribution in [0.4, 0.5) is 5.69 Å². The Morgan fingerprint density at radius 2 is 2.24 bits per heavy atom. The first kappa shape index (κ1) is 15.1. The summed E-state index contributed by atoms with van der Waals surface area (Å²) in [6, 6.07) is 4.34. The van der Waals surface area contributed by atoms with Crippen LogP contribution in [0.5, 0.6) is 5.75 Å². The molecule has 0 aliphatic carbocycles. The summed E-state index contributed by atoms with van der Waals surface area (Å²) in [5.74, 6) is -0.126. The molecule has 0 aromatic heterocycles. The number of rotatable bonds is 3. The van der Waals surface area contributed by atoms with Crippen molar-refractivity contribution >= 4 is 17.5 Å². The van der Waals surface area contributed by atoms with Crippen LogP contribution < -0.4 is 15.8 Å². The van der Waals surface area contributed by atoms with E-state index in [1.807, 2.05) is 0 Å². The van der Waals surface area contributed by atoms with Gasteiger partial charge in [0.2, 0.25) is 5.91 Å². The molecule has 1 aromatic carbocycles. The maximum atomic E-state index is 12.7. The van der Waals surface area contributed by atoms with Gasteiger partial charge in [0.05, 0.1) is 31.6 Å². The van der Waals surface area contributed by atoms with Crippen LogP contribution >= 0.6 is 0 Å². The molecule has 2 amide bonds. The number of para-hydroxylation sites is 1. The van der Waals surface area contributed by atoms with Crippen molar-refractivity contribution in [2.75, 3.05) is 39.6 Å². The van der Waals surface area contributed by atoms with Gasteiger partial charge in [-0.15, -0.1) is 0 Å². The Hall–Kier alpha value is -2.28. The first-order valence-electron chi connectivity index (χ1n) is 6.63. The number of methoxy groups -OCH3 is 1. The number of amides is 2. The zero-order valence-corrected chi connectivity index (χ0v) is 12.1. The Kier molecular flexibility index (Phi) is 4.64. The van der Waals surface area contributed by atoms with Crippen LogP contribution in [0.15, 0.2) is 18.2 Å². The number of anilines is 1. The summed E-state index contributed by atoms with van der Waals surface area (Å²) >= 11 is 0. The molecule has 1 aliphatic heterocycles. The molecule has 0 radical (unpaired) electrons. The van der Waals surface area contributed by atoms with E-state index in [4.69, 9.17) is 15.2 Å². The van der Waals surface area contributed by atoms with E-state index in [2.05, 4.69) is 5.32 Å². The average molecular weight is 293 g/mol. The number of ether oxygens (including phenoxy) is 2. The predicted molar refractivity (Wildman–Crippen MR) is 77.1 cm³/mol. The fourth-order valence-electron chi connectivity index (χ4n) is 2.29. The van der Waals surface area contributed by atoms with Gasteiger partial charge in [0.15, 0.2) is 0 Å². The fourth-order valence-corrected chi connectivity index (χ4v) is 2.29. The molecule has 7 heteroatoms. The van der Waals surface area contributed by atoms with Crippen LogP contribution in [0.25, 0.3) is 0 Å². The molecule has 1 unspecified atom stereocenters. The summed E-state index contributed by atoms with van der Waals surface area (Å²) in [5, 5.41) is 2.54. The summed E-state index contributed by atoms with van der Waals surface area (Å²) in [7, 11) is 3.02. The lowest BCUT2D eigenvalue weighted by Crippen LogP contribution is -2.55. The van der Waals surface area contributed by atoms with E-state index in [0.717, 1.165) is 0 Å².